The van der Waals surface area contributed by atoms with Crippen LogP contribution in [0.15, 0.2) is 29.5 Å². The monoisotopic (exact) mass is 235 g/mol. The first-order chi connectivity index (χ1) is 8.64. The van der Waals surface area contributed by atoms with E-state index in [0.29, 0.717) is 0 Å². The molecule has 2 N–H and O–H groups in total. The number of nitrogens with one attached hydrogen (secondary N) is 1. The Balaban J connectivity index is 3.22. The van der Waals surface area contributed by atoms with Crippen molar-refractivity contribution in [3.05, 3.63) is 35.0 Å². The van der Waals surface area contributed by atoms with Gasteiger partial charge in [0.2, 0.25) is 0 Å². The largest absolute Gasteiger partial charge is 0.508 e. The summed E-state index contributed by atoms with van der Waals surface area (Å²) in [5.74, 6) is -0.163. The van der Waals surface area contributed by atoms with Gasteiger partial charge in [0.05, 0.1) is 11.6 Å². The van der Waals surface area contributed by atoms with Gasteiger partial charge >= 0.3 is 0 Å². The normalized spacial score (nSPS) is 8.00. The molecular formula is C12H5N5O. The fourth-order valence-corrected chi connectivity index (χ4v) is 1.18. The molecule has 6 nitrogen and oxygen atoms in total. The van der Waals surface area contributed by atoms with E-state index in [0.717, 1.165) is 0 Å². The summed E-state index contributed by atoms with van der Waals surface area (Å²) in [4.78, 5) is 0. The molecule has 0 atom stereocenters. The average molecular weight is 235 g/mol. The Labute approximate surface area is 103 Å². The molecule has 1 aromatic carbocycles. The number of hydrogen-bond donors (Lipinski definition) is 2. The molecule has 0 heterocycles. The minimum Gasteiger partial charge on any atom is -0.508 e. The predicted octanol–water partition coefficient (Wildman–Crippen LogP) is 1.50. The number of nitriles is 4. The van der Waals surface area contributed by atoms with Gasteiger partial charge in [0, 0.05) is 11.8 Å². The summed E-state index contributed by atoms with van der Waals surface area (Å²) >= 11 is 0. The molecule has 0 amide bonds. The first-order valence-electron chi connectivity index (χ1n) is 4.60. The summed E-state index contributed by atoms with van der Waals surface area (Å²) in [5, 5.41) is 46.7. The number of rotatable bonds is 2. The fourth-order valence-electron chi connectivity index (χ4n) is 1.18. The van der Waals surface area contributed by atoms with E-state index in [1.165, 1.54) is 18.2 Å². The van der Waals surface area contributed by atoms with Gasteiger partial charge < -0.3 is 10.4 Å². The molecule has 0 spiro atoms. The molecule has 0 bridgehead atoms. The molecular weight excluding hydrogens is 230 g/mol. The highest BCUT2D eigenvalue weighted by Gasteiger charge is 2.07. The Morgan fingerprint density at radius 3 is 2.17 bits per heavy atom. The lowest BCUT2D eigenvalue weighted by Crippen LogP contribution is -2.00. The van der Waals surface area contributed by atoms with Crippen LogP contribution in [0.5, 0.6) is 5.75 Å². The van der Waals surface area contributed by atoms with Crippen molar-refractivity contribution in [1.82, 2.24) is 0 Å². The number of phenols is 1. The lowest BCUT2D eigenvalue weighted by Gasteiger charge is -2.05. The molecule has 0 radical (unpaired) electrons. The third kappa shape index (κ3) is 2.76. The fraction of sp³-hybridized carbons (Fsp3) is 0. The predicted molar refractivity (Wildman–Crippen MR) is 60.3 cm³/mol. The van der Waals surface area contributed by atoms with E-state index in [1.54, 1.807) is 18.2 Å². The highest BCUT2D eigenvalue weighted by molar-refractivity contribution is 5.61. The van der Waals surface area contributed by atoms with Gasteiger partial charge in [-0.15, -0.1) is 0 Å². The maximum Gasteiger partial charge on any atom is 0.163 e. The van der Waals surface area contributed by atoms with Crippen molar-refractivity contribution in [3.63, 3.8) is 0 Å². The summed E-state index contributed by atoms with van der Waals surface area (Å²) in [6, 6.07) is 10.5. The Bertz CT molecular complexity index is 660. The third-order valence-electron chi connectivity index (χ3n) is 1.90. The Morgan fingerprint density at radius 1 is 1.00 bits per heavy atom. The average Bonchev–Trinajstić information content (AvgIpc) is 2.38. The number of phenolic OH excluding ortho intramolecular Hbond substituents is 1. The Hall–Kier alpha value is -3.48. The van der Waals surface area contributed by atoms with Crippen molar-refractivity contribution in [2.75, 3.05) is 5.32 Å². The number of nitrogens with zero attached hydrogens (tertiary/aromatic N) is 4. The standard InChI is InChI=1S/C12H5N5O/c13-4-8-1-10(3-11(18)2-8)17-12(7-16)9(5-14)6-15/h1-3,17-18H. The number of anilines is 1. The smallest absolute Gasteiger partial charge is 0.163 e. The van der Waals surface area contributed by atoms with E-state index < -0.39 is 0 Å². The van der Waals surface area contributed by atoms with E-state index in [1.807, 2.05) is 6.07 Å². The van der Waals surface area contributed by atoms with Crippen LogP contribution in [-0.4, -0.2) is 5.11 Å². The summed E-state index contributed by atoms with van der Waals surface area (Å²) in [6.07, 6.45) is 0. The molecule has 0 aliphatic rings. The van der Waals surface area contributed by atoms with Crippen molar-refractivity contribution in [2.45, 2.75) is 0 Å². The molecule has 0 aromatic heterocycles. The van der Waals surface area contributed by atoms with Gasteiger partial charge in [-0.05, 0) is 12.1 Å². The number of allylic oxidation sites excluding steroid dienone is 2. The zero-order valence-electron chi connectivity index (χ0n) is 8.97. The van der Waals surface area contributed by atoms with E-state index in [4.69, 9.17) is 21.0 Å². The molecule has 1 rings (SSSR count). The van der Waals surface area contributed by atoms with Crippen LogP contribution in [0.25, 0.3) is 0 Å². The van der Waals surface area contributed by atoms with E-state index in [2.05, 4.69) is 5.32 Å². The topological polar surface area (TPSA) is 127 Å². The van der Waals surface area contributed by atoms with Crippen LogP contribution in [0.2, 0.25) is 0 Å². The van der Waals surface area contributed by atoms with E-state index in [9.17, 15) is 5.11 Å². The summed E-state index contributed by atoms with van der Waals surface area (Å²) in [6.45, 7) is 0. The van der Waals surface area contributed by atoms with Crippen LogP contribution >= 0.6 is 0 Å². The lowest BCUT2D eigenvalue weighted by atomic mass is 10.2. The van der Waals surface area contributed by atoms with Crippen LogP contribution in [0.4, 0.5) is 5.69 Å². The highest BCUT2D eigenvalue weighted by Crippen LogP contribution is 2.21. The van der Waals surface area contributed by atoms with Crippen molar-refractivity contribution < 1.29 is 5.11 Å². The maximum atomic E-state index is 9.34. The highest BCUT2D eigenvalue weighted by atomic mass is 16.3. The molecule has 0 saturated carbocycles. The quantitative estimate of drug-likeness (QED) is 0.747. The molecule has 1 aromatic rings. The first kappa shape index (κ1) is 12.6. The van der Waals surface area contributed by atoms with Gasteiger partial charge in [-0.3, -0.25) is 0 Å². The van der Waals surface area contributed by atoms with Crippen molar-refractivity contribution in [2.24, 2.45) is 0 Å². The van der Waals surface area contributed by atoms with Crippen molar-refractivity contribution >= 4 is 5.69 Å². The van der Waals surface area contributed by atoms with Crippen LogP contribution in [-0.2, 0) is 0 Å². The van der Waals surface area contributed by atoms with Gasteiger partial charge in [-0.25, -0.2) is 0 Å². The Kier molecular flexibility index (Phi) is 3.89. The lowest BCUT2D eigenvalue weighted by molar-refractivity contribution is 0.475. The molecule has 0 fully saturated rings. The van der Waals surface area contributed by atoms with Gasteiger partial charge in [0.15, 0.2) is 5.57 Å². The van der Waals surface area contributed by atoms with Crippen molar-refractivity contribution in [3.8, 4) is 30.0 Å². The van der Waals surface area contributed by atoms with Crippen LogP contribution in [0.3, 0.4) is 0 Å². The maximum absolute atomic E-state index is 9.34. The molecule has 6 heteroatoms. The van der Waals surface area contributed by atoms with E-state index in [-0.39, 0.29) is 28.3 Å². The van der Waals surface area contributed by atoms with Gasteiger partial charge in [0.1, 0.15) is 29.7 Å². The molecule has 0 saturated heterocycles. The summed E-state index contributed by atoms with van der Waals surface area (Å²) < 4.78 is 0. The van der Waals surface area contributed by atoms with E-state index >= 15 is 0 Å². The first-order valence-corrected chi connectivity index (χ1v) is 4.60. The van der Waals surface area contributed by atoms with Gasteiger partial charge in [-0.2, -0.15) is 21.0 Å². The minimum absolute atomic E-state index is 0.163. The SMILES string of the molecule is N#CC(C#N)=C(C#N)Nc1cc(O)cc(C#N)c1. The minimum atomic E-state index is -0.376. The second-order valence-electron chi connectivity index (χ2n) is 3.09. The zero-order valence-corrected chi connectivity index (χ0v) is 8.97. The summed E-state index contributed by atoms with van der Waals surface area (Å²) in [7, 11) is 0. The molecule has 0 aliphatic carbocycles. The molecule has 0 unspecified atom stereocenters. The van der Waals surface area contributed by atoms with Gasteiger partial charge in [-0.1, -0.05) is 0 Å². The Morgan fingerprint density at radius 2 is 1.67 bits per heavy atom. The van der Waals surface area contributed by atoms with Crippen LogP contribution < -0.4 is 5.32 Å². The van der Waals surface area contributed by atoms with Crippen molar-refractivity contribution in [1.29, 1.82) is 21.0 Å². The summed E-state index contributed by atoms with van der Waals surface area (Å²) in [5.41, 5.74) is -0.190. The zero-order chi connectivity index (χ0) is 13.5. The molecule has 0 aliphatic heterocycles. The second kappa shape index (κ2) is 5.56. The van der Waals surface area contributed by atoms with Gasteiger partial charge in [0.25, 0.3) is 0 Å². The number of benzene rings is 1. The third-order valence-corrected chi connectivity index (χ3v) is 1.90. The molecule has 84 valence electrons. The molecule has 18 heavy (non-hydrogen) atoms. The van der Waals surface area contributed by atoms with Crippen LogP contribution in [0, 0.1) is 45.3 Å². The van der Waals surface area contributed by atoms with Crippen LogP contribution in [0.1, 0.15) is 5.56 Å². The number of hydrogen-bond acceptors (Lipinski definition) is 6. The second-order valence-corrected chi connectivity index (χ2v) is 3.09. The number of aromatic hydroxyl groups is 1.